The maximum absolute atomic E-state index is 8.78. The molecule has 0 rings (SSSR count). The van der Waals surface area contributed by atoms with Crippen molar-refractivity contribution in [2.75, 3.05) is 0 Å². The zero-order valence-corrected chi connectivity index (χ0v) is 13.6. The molecule has 0 aromatic heterocycles. The Labute approximate surface area is 117 Å². The Hall–Kier alpha value is -0.137. The first-order valence-electron chi connectivity index (χ1n) is 2.81. The smallest absolute Gasteiger partial charge is 0.402 e. The molecule has 0 aliphatic carbocycles. The van der Waals surface area contributed by atoms with E-state index in [1.165, 1.54) is 0 Å². The predicted octanol–water partition coefficient (Wildman–Crippen LogP) is 1.48. The van der Waals surface area contributed by atoms with Gasteiger partial charge in [0.1, 0.15) is 0 Å². The summed E-state index contributed by atoms with van der Waals surface area (Å²) in [6, 6.07) is 0. The molecule has 0 heterocycles. The van der Waals surface area contributed by atoms with Gasteiger partial charge in [0.05, 0.1) is 0 Å². The first kappa shape index (κ1) is 46.2. The minimum atomic E-state index is -1.58. The molecule has 0 aromatic rings. The van der Waals surface area contributed by atoms with Crippen LogP contribution in [-0.4, -0.2) is 22.4 Å². The second-order valence-electron chi connectivity index (χ2n) is 0.643. The average molecular weight is 311 g/mol. The molecule has 0 saturated heterocycles. The molecule has 0 unspecified atom stereocenters. The van der Waals surface area contributed by atoms with Crippen LogP contribution in [0.2, 0.25) is 0 Å². The van der Waals surface area contributed by atoms with E-state index in [9.17, 15) is 0 Å². The molecule has 6 nitrogen and oxygen atoms in total. The van der Waals surface area contributed by atoms with Crippen LogP contribution in [0.4, 0.5) is 9.59 Å². The van der Waals surface area contributed by atoms with Crippen LogP contribution in [0.15, 0.2) is 0 Å². The van der Waals surface area contributed by atoms with Gasteiger partial charge in [0, 0.05) is 19.5 Å². The molecular weight excluding hydrogens is 294 g/mol. The normalized spacial score (nSPS) is 4.00. The molecule has 0 atom stereocenters. The molecule has 0 aromatic carbocycles. The average Bonchev–Trinajstić information content (AvgIpc) is 1.93. The van der Waals surface area contributed by atoms with E-state index in [0.29, 0.717) is 0 Å². The van der Waals surface area contributed by atoms with Gasteiger partial charge in [-0.15, -0.1) is 0 Å². The predicted molar refractivity (Wildman–Crippen MR) is 64.1 cm³/mol. The van der Waals surface area contributed by atoms with Gasteiger partial charge < -0.3 is 62.5 Å². The van der Waals surface area contributed by atoms with Gasteiger partial charge in [0.25, 0.3) is 0 Å². The summed E-state index contributed by atoms with van der Waals surface area (Å²) >= 11 is 0. The van der Waals surface area contributed by atoms with Crippen molar-refractivity contribution in [2.45, 2.75) is 13.8 Å². The summed E-state index contributed by atoms with van der Waals surface area (Å²) in [5, 5.41) is 14.3. The Bertz CT molecular complexity index is 89.1. The van der Waals surface area contributed by atoms with E-state index in [2.05, 4.69) is 19.6 Å². The van der Waals surface area contributed by atoms with Gasteiger partial charge in [-0.3, -0.25) is 4.79 Å². The number of nitrogens with two attached hydrogens (primary N) is 1. The summed E-state index contributed by atoms with van der Waals surface area (Å²) in [5.74, 6) is 0. The molecule has 2 amide bonds. The summed E-state index contributed by atoms with van der Waals surface area (Å²) in [7, 11) is 0. The van der Waals surface area contributed by atoms with Gasteiger partial charge in [0.2, 0.25) is 6.09 Å². The number of primary amides is 1. The zero-order chi connectivity index (χ0) is 11.2. The van der Waals surface area contributed by atoms with Crippen LogP contribution in [0.25, 0.3) is 5.73 Å². The molecule has 5 N–H and O–H groups in total. The molecular formula is C6H17N2O4S2Zn-5. The summed E-state index contributed by atoms with van der Waals surface area (Å²) < 4.78 is 0. The van der Waals surface area contributed by atoms with Crippen molar-refractivity contribution in [1.82, 2.24) is 0 Å². The second kappa shape index (κ2) is 66.7. The fraction of sp³-hybridized carbons (Fsp3) is 0.333. The van der Waals surface area contributed by atoms with Crippen molar-refractivity contribution < 1.29 is 39.3 Å². The third kappa shape index (κ3) is 105000. The number of hydrogen-bond acceptors (Lipinski definition) is 4. The Balaban J connectivity index is -0.0000000112. The standard InChI is InChI=1S/2C2H5.CH3NO2.CH2NO2.2H2S.Zn/c2*1-2;2*2-1(3)4;;;/h2*1H2,2H3;2H2,(H,3,4);2H,(H,3,4);2*1H2;/q2*-1;;-1;;;/p-2. The van der Waals surface area contributed by atoms with Crippen molar-refractivity contribution in [3.05, 3.63) is 19.6 Å². The maximum atomic E-state index is 8.78. The quantitative estimate of drug-likeness (QED) is 0.269. The minimum Gasteiger partial charge on any atom is -0.813 e. The van der Waals surface area contributed by atoms with Gasteiger partial charge in [-0.2, -0.15) is 13.8 Å². The number of nitrogens with one attached hydrogen (secondary N) is 1. The molecule has 0 radical (unpaired) electrons. The van der Waals surface area contributed by atoms with Crippen LogP contribution in [0, 0.1) is 13.8 Å². The Morgan fingerprint density at radius 2 is 1.07 bits per heavy atom. The third-order valence-electron chi connectivity index (χ3n) is 0. The molecule has 0 bridgehead atoms. The van der Waals surface area contributed by atoms with Crippen LogP contribution >= 0.6 is 0 Å². The van der Waals surface area contributed by atoms with Crippen LogP contribution in [0.3, 0.4) is 0 Å². The number of carboxylic acid groups (broad SMARTS) is 2. The van der Waals surface area contributed by atoms with Crippen LogP contribution < -0.4 is 5.73 Å². The third-order valence-corrected chi connectivity index (χ3v) is 0. The minimum absolute atomic E-state index is 0. The summed E-state index contributed by atoms with van der Waals surface area (Å²) in [4.78, 5) is 17.4. The molecule has 0 aliphatic rings. The molecule has 94 valence electrons. The largest absolute Gasteiger partial charge is 0.813 e. The fourth-order valence-electron chi connectivity index (χ4n) is 0. The van der Waals surface area contributed by atoms with E-state index < -0.39 is 12.2 Å². The van der Waals surface area contributed by atoms with E-state index in [-0.39, 0.29) is 46.5 Å². The first-order chi connectivity index (χ1) is 5.46. The topological polar surface area (TPSA) is 124 Å². The molecule has 0 spiro atoms. The summed E-state index contributed by atoms with van der Waals surface area (Å²) in [6.07, 6.45) is -2.92. The van der Waals surface area contributed by atoms with Crippen molar-refractivity contribution >= 4 is 39.2 Å². The summed E-state index contributed by atoms with van der Waals surface area (Å²) in [5.41, 5.74) is 9.53. The maximum Gasteiger partial charge on any atom is 0.402 e. The van der Waals surface area contributed by atoms with E-state index in [4.69, 9.17) is 25.5 Å². The van der Waals surface area contributed by atoms with Gasteiger partial charge in [-0.05, 0) is 0 Å². The van der Waals surface area contributed by atoms with E-state index >= 15 is 0 Å². The Morgan fingerprint density at radius 1 is 1.07 bits per heavy atom. The second-order valence-corrected chi connectivity index (χ2v) is 0.643. The Morgan fingerprint density at radius 3 is 1.07 bits per heavy atom. The fourth-order valence-corrected chi connectivity index (χ4v) is 0. The van der Waals surface area contributed by atoms with E-state index in [1.54, 1.807) is 13.8 Å². The number of thiol groups is 2. The molecule has 0 saturated carbocycles. The van der Waals surface area contributed by atoms with Crippen molar-refractivity contribution in [1.29, 1.82) is 0 Å². The first-order valence-corrected chi connectivity index (χ1v) is 2.81. The molecule has 15 heavy (non-hydrogen) atoms. The van der Waals surface area contributed by atoms with Crippen LogP contribution in [0.5, 0.6) is 0 Å². The van der Waals surface area contributed by atoms with Crippen LogP contribution in [0.1, 0.15) is 13.8 Å². The zero-order valence-electron chi connectivity index (χ0n) is 8.80. The SMILES string of the molecule is NC(=O)O.[CH2-]C.[CH2-]C.[NH-]C(=O)O.[SH-].[SH-].[Zn]. The van der Waals surface area contributed by atoms with Crippen molar-refractivity contribution in [3.8, 4) is 0 Å². The van der Waals surface area contributed by atoms with Gasteiger partial charge >= 0.3 is 6.09 Å². The van der Waals surface area contributed by atoms with Crippen LogP contribution in [-0.2, 0) is 46.5 Å². The number of amides is 2. The molecule has 0 aliphatic heterocycles. The van der Waals surface area contributed by atoms with Gasteiger partial charge in [-0.1, -0.05) is 0 Å². The summed E-state index contributed by atoms with van der Waals surface area (Å²) in [6.45, 7) is 10.0. The Kier molecular flexibility index (Phi) is 206. The van der Waals surface area contributed by atoms with E-state index in [0.717, 1.165) is 0 Å². The molecule has 0 fully saturated rings. The molecule has 9 heteroatoms. The van der Waals surface area contributed by atoms with Crippen molar-refractivity contribution in [2.24, 2.45) is 5.73 Å². The van der Waals surface area contributed by atoms with Crippen molar-refractivity contribution in [3.63, 3.8) is 0 Å². The number of carbonyl (C=O) groups is 2. The van der Waals surface area contributed by atoms with E-state index in [1.807, 2.05) is 0 Å². The van der Waals surface area contributed by atoms with Gasteiger partial charge in [-0.25, -0.2) is 4.79 Å². The number of rotatable bonds is 0. The van der Waals surface area contributed by atoms with Gasteiger partial charge in [0.15, 0.2) is 0 Å². The monoisotopic (exact) mass is 309 g/mol. The number of hydrogen-bond donors (Lipinski definition) is 3.